The highest BCUT2D eigenvalue weighted by atomic mass is 35.5. The SMILES string of the molecule is O=C(Nc1ccc(C23CC4CC(CC(C4)C2)C3)cc1)c1c(Cl)cccc1Cl. The van der Waals surface area contributed by atoms with Gasteiger partial charge in [-0.15, -0.1) is 0 Å². The molecule has 4 saturated carbocycles. The lowest BCUT2D eigenvalue weighted by Gasteiger charge is -2.57. The Kier molecular flexibility index (Phi) is 4.25. The lowest BCUT2D eigenvalue weighted by molar-refractivity contribution is -0.00518. The first-order valence-corrected chi connectivity index (χ1v) is 10.6. The molecule has 1 amide bonds. The van der Waals surface area contributed by atoms with E-state index in [1.807, 2.05) is 12.1 Å². The Balaban J connectivity index is 1.36. The van der Waals surface area contributed by atoms with Gasteiger partial charge in [-0.1, -0.05) is 41.4 Å². The van der Waals surface area contributed by atoms with Crippen LogP contribution in [0.1, 0.15) is 54.4 Å². The molecule has 0 aliphatic heterocycles. The summed E-state index contributed by atoms with van der Waals surface area (Å²) in [6, 6.07) is 13.6. The fraction of sp³-hybridized carbons (Fsp3) is 0.435. The molecule has 0 aromatic heterocycles. The summed E-state index contributed by atoms with van der Waals surface area (Å²) in [5, 5.41) is 3.66. The van der Waals surface area contributed by atoms with Crippen LogP contribution in [0.2, 0.25) is 10.0 Å². The number of rotatable bonds is 3. The molecule has 2 aromatic carbocycles. The lowest BCUT2D eigenvalue weighted by Crippen LogP contribution is -2.48. The number of amides is 1. The maximum atomic E-state index is 12.6. The van der Waals surface area contributed by atoms with Crippen LogP contribution in [0.15, 0.2) is 42.5 Å². The predicted octanol–water partition coefficient (Wildman–Crippen LogP) is 6.71. The van der Waals surface area contributed by atoms with Gasteiger partial charge in [-0.3, -0.25) is 4.79 Å². The van der Waals surface area contributed by atoms with Gasteiger partial charge in [-0.05, 0) is 91.5 Å². The third-order valence-electron chi connectivity index (χ3n) is 6.98. The normalized spacial score (nSPS) is 31.1. The number of nitrogens with one attached hydrogen (secondary N) is 1. The molecule has 0 radical (unpaired) electrons. The van der Waals surface area contributed by atoms with Crippen molar-refractivity contribution in [2.75, 3.05) is 5.32 Å². The smallest absolute Gasteiger partial charge is 0.258 e. The van der Waals surface area contributed by atoms with Crippen molar-refractivity contribution in [3.63, 3.8) is 0 Å². The first-order chi connectivity index (χ1) is 13.0. The van der Waals surface area contributed by atoms with Gasteiger partial charge in [0.05, 0.1) is 15.6 Å². The van der Waals surface area contributed by atoms with Crippen LogP contribution in [-0.2, 0) is 5.41 Å². The van der Waals surface area contributed by atoms with Crippen molar-refractivity contribution >= 4 is 34.8 Å². The van der Waals surface area contributed by atoms with Gasteiger partial charge in [0.25, 0.3) is 5.91 Å². The zero-order valence-electron chi connectivity index (χ0n) is 15.2. The Labute approximate surface area is 170 Å². The molecule has 4 heteroatoms. The van der Waals surface area contributed by atoms with E-state index < -0.39 is 0 Å². The fourth-order valence-corrected chi connectivity index (χ4v) is 6.85. The van der Waals surface area contributed by atoms with Gasteiger partial charge in [-0.2, -0.15) is 0 Å². The summed E-state index contributed by atoms with van der Waals surface area (Å²) >= 11 is 12.3. The van der Waals surface area contributed by atoms with Crippen LogP contribution in [0.5, 0.6) is 0 Å². The second-order valence-corrected chi connectivity index (χ2v) is 9.64. The van der Waals surface area contributed by atoms with E-state index in [1.165, 1.54) is 44.1 Å². The van der Waals surface area contributed by atoms with E-state index in [0.29, 0.717) is 21.0 Å². The Bertz CT molecular complexity index is 834. The highest BCUT2D eigenvalue weighted by Gasteiger charge is 2.51. The Hall–Kier alpha value is -1.51. The third kappa shape index (κ3) is 3.07. The number of hydrogen-bond donors (Lipinski definition) is 1. The van der Waals surface area contributed by atoms with Gasteiger partial charge in [0.15, 0.2) is 0 Å². The van der Waals surface area contributed by atoms with E-state index in [-0.39, 0.29) is 5.91 Å². The molecule has 0 unspecified atom stereocenters. The molecular weight excluding hydrogens is 377 g/mol. The molecule has 4 aliphatic carbocycles. The van der Waals surface area contributed by atoms with Gasteiger partial charge in [0, 0.05) is 5.69 Å². The number of benzene rings is 2. The lowest BCUT2D eigenvalue weighted by atomic mass is 9.48. The molecule has 6 rings (SSSR count). The Morgan fingerprint density at radius 2 is 1.37 bits per heavy atom. The number of halogens is 2. The second kappa shape index (κ2) is 6.53. The quantitative estimate of drug-likeness (QED) is 0.609. The summed E-state index contributed by atoms with van der Waals surface area (Å²) in [4.78, 5) is 12.6. The van der Waals surface area contributed by atoms with Crippen molar-refractivity contribution in [2.24, 2.45) is 17.8 Å². The minimum atomic E-state index is -0.270. The van der Waals surface area contributed by atoms with Crippen molar-refractivity contribution in [1.82, 2.24) is 0 Å². The molecule has 4 bridgehead atoms. The van der Waals surface area contributed by atoms with Crippen molar-refractivity contribution < 1.29 is 4.79 Å². The molecule has 0 spiro atoms. The molecule has 140 valence electrons. The van der Waals surface area contributed by atoms with Crippen LogP contribution in [0.25, 0.3) is 0 Å². The summed E-state index contributed by atoms with van der Waals surface area (Å²) in [5.41, 5.74) is 2.94. The summed E-state index contributed by atoms with van der Waals surface area (Å²) in [6.45, 7) is 0. The zero-order valence-corrected chi connectivity index (χ0v) is 16.7. The number of carbonyl (C=O) groups excluding carboxylic acids is 1. The second-order valence-electron chi connectivity index (χ2n) is 8.83. The van der Waals surface area contributed by atoms with E-state index in [2.05, 4.69) is 17.4 Å². The minimum absolute atomic E-state index is 0.270. The summed E-state index contributed by atoms with van der Waals surface area (Å²) in [6.07, 6.45) is 8.39. The fourth-order valence-electron chi connectivity index (χ4n) is 6.28. The topological polar surface area (TPSA) is 29.1 Å². The van der Waals surface area contributed by atoms with Crippen LogP contribution < -0.4 is 5.32 Å². The zero-order chi connectivity index (χ0) is 18.6. The number of carbonyl (C=O) groups is 1. The summed E-state index contributed by atoms with van der Waals surface area (Å²) in [5.74, 6) is 2.52. The molecule has 2 aromatic rings. The van der Waals surface area contributed by atoms with E-state index >= 15 is 0 Å². The standard InChI is InChI=1S/C23H23Cl2NO/c24-19-2-1-3-20(25)21(19)22(27)26-18-6-4-17(5-7-18)23-11-14-8-15(12-23)10-16(9-14)13-23/h1-7,14-16H,8-13H2,(H,26,27). The minimum Gasteiger partial charge on any atom is -0.322 e. The van der Waals surface area contributed by atoms with Crippen LogP contribution >= 0.6 is 23.2 Å². The molecule has 1 N–H and O–H groups in total. The van der Waals surface area contributed by atoms with Crippen LogP contribution in [0, 0.1) is 17.8 Å². The first-order valence-electron chi connectivity index (χ1n) is 9.88. The van der Waals surface area contributed by atoms with Crippen LogP contribution in [-0.4, -0.2) is 5.91 Å². The van der Waals surface area contributed by atoms with Crippen LogP contribution in [0.4, 0.5) is 5.69 Å². The molecule has 4 fully saturated rings. The first kappa shape index (κ1) is 17.6. The largest absolute Gasteiger partial charge is 0.322 e. The van der Waals surface area contributed by atoms with Gasteiger partial charge < -0.3 is 5.32 Å². The third-order valence-corrected chi connectivity index (χ3v) is 7.61. The summed E-state index contributed by atoms with van der Waals surface area (Å²) < 4.78 is 0. The molecular formula is C23H23Cl2NO. The predicted molar refractivity (Wildman–Crippen MR) is 111 cm³/mol. The van der Waals surface area contributed by atoms with E-state index in [1.54, 1.807) is 18.2 Å². The van der Waals surface area contributed by atoms with Crippen LogP contribution in [0.3, 0.4) is 0 Å². The van der Waals surface area contributed by atoms with Crippen molar-refractivity contribution in [1.29, 1.82) is 0 Å². The molecule has 4 aliphatic rings. The average molecular weight is 400 g/mol. The summed E-state index contributed by atoms with van der Waals surface area (Å²) in [7, 11) is 0. The number of anilines is 1. The molecule has 2 nitrogen and oxygen atoms in total. The van der Waals surface area contributed by atoms with E-state index in [4.69, 9.17) is 23.2 Å². The van der Waals surface area contributed by atoms with Gasteiger partial charge in [-0.25, -0.2) is 0 Å². The highest BCUT2D eigenvalue weighted by Crippen LogP contribution is 2.60. The van der Waals surface area contributed by atoms with Crippen molar-refractivity contribution in [2.45, 2.75) is 43.9 Å². The monoisotopic (exact) mass is 399 g/mol. The number of hydrogen-bond acceptors (Lipinski definition) is 1. The Morgan fingerprint density at radius 1 is 0.852 bits per heavy atom. The van der Waals surface area contributed by atoms with Gasteiger partial charge >= 0.3 is 0 Å². The maximum Gasteiger partial charge on any atom is 0.258 e. The van der Waals surface area contributed by atoms with Crippen molar-refractivity contribution in [3.8, 4) is 0 Å². The molecule has 0 saturated heterocycles. The maximum absolute atomic E-state index is 12.6. The van der Waals surface area contributed by atoms with E-state index in [9.17, 15) is 4.79 Å². The molecule has 0 heterocycles. The molecule has 27 heavy (non-hydrogen) atoms. The Morgan fingerprint density at radius 3 is 1.89 bits per heavy atom. The van der Waals surface area contributed by atoms with E-state index in [0.717, 1.165) is 23.4 Å². The van der Waals surface area contributed by atoms with Gasteiger partial charge in [0.1, 0.15) is 0 Å². The average Bonchev–Trinajstić information content (AvgIpc) is 2.61. The highest BCUT2D eigenvalue weighted by molar-refractivity contribution is 6.40. The van der Waals surface area contributed by atoms with Gasteiger partial charge in [0.2, 0.25) is 0 Å². The molecule has 0 atom stereocenters. The van der Waals surface area contributed by atoms with Crippen molar-refractivity contribution in [3.05, 3.63) is 63.6 Å².